The summed E-state index contributed by atoms with van der Waals surface area (Å²) >= 11 is 0. The van der Waals surface area contributed by atoms with Gasteiger partial charge in [0.25, 0.3) is 5.91 Å². The first-order chi connectivity index (χ1) is 10.2. The lowest BCUT2D eigenvalue weighted by atomic mass is 9.97. The highest BCUT2D eigenvalue weighted by molar-refractivity contribution is 5.94. The van der Waals surface area contributed by atoms with E-state index in [1.165, 1.54) is 44.6 Å². The summed E-state index contributed by atoms with van der Waals surface area (Å²) in [6.45, 7) is 4.92. The van der Waals surface area contributed by atoms with Crippen LogP contribution in [0.3, 0.4) is 0 Å². The lowest BCUT2D eigenvalue weighted by molar-refractivity contribution is 0.0643. The number of likely N-dealkylation sites (tertiary alicyclic amines) is 2. The van der Waals surface area contributed by atoms with Crippen molar-refractivity contribution in [2.24, 2.45) is 5.92 Å². The minimum Gasteiger partial charge on any atom is -0.338 e. The summed E-state index contributed by atoms with van der Waals surface area (Å²) in [6.07, 6.45) is 7.34. The van der Waals surface area contributed by atoms with Crippen molar-refractivity contribution in [3.8, 4) is 0 Å². The maximum atomic E-state index is 13.7. The van der Waals surface area contributed by atoms with Crippen LogP contribution in [0.25, 0.3) is 0 Å². The SMILES string of the molecule is O=C(c1ccncc1F)N1CCCC(CN2CCCC2)C1. The zero-order valence-corrected chi connectivity index (χ0v) is 12.3. The van der Waals surface area contributed by atoms with Gasteiger partial charge in [-0.3, -0.25) is 9.78 Å². The number of pyridine rings is 1. The van der Waals surface area contributed by atoms with Gasteiger partial charge in [-0.2, -0.15) is 0 Å². The van der Waals surface area contributed by atoms with Gasteiger partial charge in [0, 0.05) is 25.8 Å². The number of piperidine rings is 1. The van der Waals surface area contributed by atoms with E-state index in [2.05, 4.69) is 9.88 Å². The van der Waals surface area contributed by atoms with Crippen LogP contribution in [0.1, 0.15) is 36.0 Å². The third-order valence-corrected chi connectivity index (χ3v) is 4.52. The van der Waals surface area contributed by atoms with Crippen LogP contribution in [0.5, 0.6) is 0 Å². The zero-order valence-electron chi connectivity index (χ0n) is 12.3. The number of hydrogen-bond donors (Lipinski definition) is 0. The van der Waals surface area contributed by atoms with Gasteiger partial charge in [0.1, 0.15) is 0 Å². The second-order valence-corrected chi connectivity index (χ2v) is 6.12. The summed E-state index contributed by atoms with van der Waals surface area (Å²) in [4.78, 5) is 20.5. The molecule has 1 aromatic heterocycles. The lowest BCUT2D eigenvalue weighted by Crippen LogP contribution is -2.43. The highest BCUT2D eigenvalue weighted by Crippen LogP contribution is 2.21. The van der Waals surface area contributed by atoms with Crippen molar-refractivity contribution in [1.82, 2.24) is 14.8 Å². The number of carbonyl (C=O) groups is 1. The fraction of sp³-hybridized carbons (Fsp3) is 0.625. The number of nitrogens with zero attached hydrogens (tertiary/aromatic N) is 3. The summed E-state index contributed by atoms with van der Waals surface area (Å²) in [5.74, 6) is -0.198. The van der Waals surface area contributed by atoms with E-state index in [0.717, 1.165) is 32.3 Å². The van der Waals surface area contributed by atoms with Crippen LogP contribution in [0.15, 0.2) is 18.5 Å². The Bertz CT molecular complexity index is 502. The monoisotopic (exact) mass is 291 g/mol. The molecule has 5 heteroatoms. The molecule has 2 saturated heterocycles. The summed E-state index contributed by atoms with van der Waals surface area (Å²) < 4.78 is 13.7. The molecule has 0 aromatic carbocycles. The van der Waals surface area contributed by atoms with Crippen molar-refractivity contribution in [2.75, 3.05) is 32.7 Å². The van der Waals surface area contributed by atoms with E-state index in [9.17, 15) is 9.18 Å². The predicted octanol–water partition coefficient (Wildman–Crippen LogP) is 2.17. The smallest absolute Gasteiger partial charge is 0.256 e. The number of rotatable bonds is 3. The van der Waals surface area contributed by atoms with E-state index < -0.39 is 5.82 Å². The largest absolute Gasteiger partial charge is 0.338 e. The number of halogens is 1. The second-order valence-electron chi connectivity index (χ2n) is 6.12. The minimum atomic E-state index is -0.524. The summed E-state index contributed by atoms with van der Waals surface area (Å²) in [5.41, 5.74) is 0.145. The molecule has 1 unspecified atom stereocenters. The first kappa shape index (κ1) is 14.4. The van der Waals surface area contributed by atoms with Gasteiger partial charge in [0.15, 0.2) is 5.82 Å². The summed E-state index contributed by atoms with van der Waals surface area (Å²) in [7, 11) is 0. The molecule has 0 saturated carbocycles. The van der Waals surface area contributed by atoms with Crippen molar-refractivity contribution in [1.29, 1.82) is 0 Å². The Hall–Kier alpha value is -1.49. The van der Waals surface area contributed by atoms with Crippen molar-refractivity contribution in [2.45, 2.75) is 25.7 Å². The standard InChI is InChI=1S/C16H22FN3O/c17-15-10-18-6-5-14(15)16(21)20-9-3-4-13(12-20)11-19-7-1-2-8-19/h5-6,10,13H,1-4,7-9,11-12H2. The Labute approximate surface area is 125 Å². The Balaban J connectivity index is 1.62. The van der Waals surface area contributed by atoms with Crippen molar-refractivity contribution in [3.63, 3.8) is 0 Å². The molecule has 2 fully saturated rings. The zero-order chi connectivity index (χ0) is 14.7. The third-order valence-electron chi connectivity index (χ3n) is 4.52. The van der Waals surface area contributed by atoms with Crippen LogP contribution < -0.4 is 0 Å². The fourth-order valence-electron chi connectivity index (χ4n) is 3.45. The molecule has 2 aliphatic heterocycles. The first-order valence-corrected chi connectivity index (χ1v) is 7.85. The molecule has 21 heavy (non-hydrogen) atoms. The van der Waals surface area contributed by atoms with E-state index in [-0.39, 0.29) is 11.5 Å². The van der Waals surface area contributed by atoms with E-state index in [1.54, 1.807) is 0 Å². The van der Waals surface area contributed by atoms with Crippen LogP contribution in [-0.4, -0.2) is 53.4 Å². The molecule has 2 aliphatic rings. The van der Waals surface area contributed by atoms with E-state index in [4.69, 9.17) is 0 Å². The van der Waals surface area contributed by atoms with Crippen LogP contribution in [0, 0.1) is 11.7 Å². The van der Waals surface area contributed by atoms with Gasteiger partial charge in [-0.1, -0.05) is 0 Å². The van der Waals surface area contributed by atoms with Gasteiger partial charge in [-0.05, 0) is 50.8 Å². The Morgan fingerprint density at radius 1 is 1.29 bits per heavy atom. The number of amides is 1. The molecule has 4 nitrogen and oxygen atoms in total. The first-order valence-electron chi connectivity index (χ1n) is 7.85. The van der Waals surface area contributed by atoms with Crippen LogP contribution in [0.2, 0.25) is 0 Å². The van der Waals surface area contributed by atoms with Gasteiger partial charge < -0.3 is 9.80 Å². The van der Waals surface area contributed by atoms with Gasteiger partial charge in [-0.25, -0.2) is 4.39 Å². The van der Waals surface area contributed by atoms with Crippen molar-refractivity contribution >= 4 is 5.91 Å². The van der Waals surface area contributed by atoms with E-state index in [0.29, 0.717) is 5.92 Å². The number of hydrogen-bond acceptors (Lipinski definition) is 3. The number of aromatic nitrogens is 1. The van der Waals surface area contributed by atoms with Crippen LogP contribution in [-0.2, 0) is 0 Å². The van der Waals surface area contributed by atoms with Gasteiger partial charge in [0.2, 0.25) is 0 Å². The lowest BCUT2D eigenvalue weighted by Gasteiger charge is -2.34. The molecule has 1 atom stereocenters. The van der Waals surface area contributed by atoms with E-state index >= 15 is 0 Å². The Kier molecular flexibility index (Phi) is 4.48. The molecular formula is C16H22FN3O. The predicted molar refractivity (Wildman–Crippen MR) is 78.5 cm³/mol. The quantitative estimate of drug-likeness (QED) is 0.856. The molecule has 1 amide bonds. The fourth-order valence-corrected chi connectivity index (χ4v) is 3.45. The van der Waals surface area contributed by atoms with Crippen LogP contribution >= 0.6 is 0 Å². The second kappa shape index (κ2) is 6.52. The van der Waals surface area contributed by atoms with Crippen molar-refractivity contribution in [3.05, 3.63) is 29.8 Å². The summed E-state index contributed by atoms with van der Waals surface area (Å²) in [5, 5.41) is 0. The topological polar surface area (TPSA) is 36.4 Å². The average molecular weight is 291 g/mol. The van der Waals surface area contributed by atoms with Crippen LogP contribution in [0.4, 0.5) is 4.39 Å². The molecular weight excluding hydrogens is 269 g/mol. The molecule has 3 heterocycles. The van der Waals surface area contributed by atoms with Crippen molar-refractivity contribution < 1.29 is 9.18 Å². The summed E-state index contributed by atoms with van der Waals surface area (Å²) in [6, 6.07) is 1.47. The van der Waals surface area contributed by atoms with Gasteiger partial charge in [0.05, 0.1) is 11.8 Å². The van der Waals surface area contributed by atoms with E-state index in [1.807, 2.05) is 4.90 Å². The maximum Gasteiger partial charge on any atom is 0.256 e. The average Bonchev–Trinajstić information content (AvgIpc) is 3.00. The maximum absolute atomic E-state index is 13.7. The molecule has 0 radical (unpaired) electrons. The Morgan fingerprint density at radius 2 is 2.10 bits per heavy atom. The Morgan fingerprint density at radius 3 is 2.86 bits per heavy atom. The van der Waals surface area contributed by atoms with Gasteiger partial charge >= 0.3 is 0 Å². The molecule has 0 aliphatic carbocycles. The molecule has 1 aromatic rings. The molecule has 0 bridgehead atoms. The molecule has 0 N–H and O–H groups in total. The number of carbonyl (C=O) groups excluding carboxylic acids is 1. The van der Waals surface area contributed by atoms with Gasteiger partial charge in [-0.15, -0.1) is 0 Å². The highest BCUT2D eigenvalue weighted by Gasteiger charge is 2.27. The molecule has 114 valence electrons. The highest BCUT2D eigenvalue weighted by atomic mass is 19.1. The molecule has 0 spiro atoms. The minimum absolute atomic E-state index is 0.145. The normalized spacial score (nSPS) is 23.5. The third kappa shape index (κ3) is 3.40. The molecule has 3 rings (SSSR count).